The third kappa shape index (κ3) is 3.83. The fourth-order valence-electron chi connectivity index (χ4n) is 3.12. The van der Waals surface area contributed by atoms with E-state index in [9.17, 15) is 0 Å². The van der Waals surface area contributed by atoms with E-state index in [2.05, 4.69) is 72.0 Å². The van der Waals surface area contributed by atoms with E-state index >= 15 is 0 Å². The Morgan fingerprint density at radius 2 is 1.44 bits per heavy atom. The normalized spacial score (nSPS) is 13.6. The third-order valence-corrected chi connectivity index (χ3v) is 4.48. The topological polar surface area (TPSA) is 30.5 Å². The number of hydrogen-bond acceptors (Lipinski definition) is 3. The summed E-state index contributed by atoms with van der Waals surface area (Å²) >= 11 is 0. The number of benzene rings is 3. The minimum atomic E-state index is 0.206. The van der Waals surface area contributed by atoms with Gasteiger partial charge in [0.1, 0.15) is 0 Å². The maximum Gasteiger partial charge on any atom is 0.231 e. The van der Waals surface area contributed by atoms with Crippen molar-refractivity contribution in [1.29, 1.82) is 0 Å². The summed E-state index contributed by atoms with van der Waals surface area (Å²) in [4.78, 5) is 0. The smallest absolute Gasteiger partial charge is 0.231 e. The number of hydrogen-bond donors (Lipinski definition) is 1. The summed E-state index contributed by atoms with van der Waals surface area (Å²) in [6.07, 6.45) is 0.924. The molecule has 0 radical (unpaired) electrons. The Balaban J connectivity index is 1.56. The van der Waals surface area contributed by atoms with Gasteiger partial charge in [-0.05, 0) is 35.2 Å². The summed E-state index contributed by atoms with van der Waals surface area (Å²) in [6, 6.07) is 27.5. The molecule has 0 fully saturated rings. The Morgan fingerprint density at radius 3 is 2.20 bits per heavy atom. The fourth-order valence-corrected chi connectivity index (χ4v) is 3.12. The summed E-state index contributed by atoms with van der Waals surface area (Å²) in [7, 11) is 0. The molecule has 3 aromatic carbocycles. The van der Waals surface area contributed by atoms with Crippen LogP contribution in [0.25, 0.3) is 0 Å². The van der Waals surface area contributed by atoms with Crippen molar-refractivity contribution in [3.63, 3.8) is 0 Å². The van der Waals surface area contributed by atoms with Crippen LogP contribution in [0, 0.1) is 0 Å². The van der Waals surface area contributed by atoms with Gasteiger partial charge in [-0.15, -0.1) is 0 Å². The van der Waals surface area contributed by atoms with Crippen molar-refractivity contribution >= 4 is 0 Å². The molecule has 1 atom stereocenters. The Morgan fingerprint density at radius 1 is 0.760 bits per heavy atom. The zero-order valence-electron chi connectivity index (χ0n) is 14.0. The van der Waals surface area contributed by atoms with Gasteiger partial charge in [-0.25, -0.2) is 0 Å². The van der Waals surface area contributed by atoms with Crippen molar-refractivity contribution in [3.8, 4) is 11.5 Å². The average Bonchev–Trinajstić information content (AvgIpc) is 3.14. The van der Waals surface area contributed by atoms with Crippen molar-refractivity contribution in [2.45, 2.75) is 19.0 Å². The predicted octanol–water partition coefficient (Wildman–Crippen LogP) is 4.49. The average molecular weight is 331 g/mol. The van der Waals surface area contributed by atoms with Gasteiger partial charge < -0.3 is 14.8 Å². The lowest BCUT2D eigenvalue weighted by molar-refractivity contribution is 0.174. The zero-order chi connectivity index (χ0) is 16.9. The summed E-state index contributed by atoms with van der Waals surface area (Å²) in [6.45, 7) is 1.13. The van der Waals surface area contributed by atoms with Crippen LogP contribution in [0.1, 0.15) is 22.7 Å². The molecule has 25 heavy (non-hydrogen) atoms. The SMILES string of the molecule is c1ccc(CNC(Cc2ccccc2)c2ccc3c(c2)OCO3)cc1. The van der Waals surface area contributed by atoms with Gasteiger partial charge >= 0.3 is 0 Å². The number of rotatable bonds is 6. The van der Waals surface area contributed by atoms with E-state index in [1.54, 1.807) is 0 Å². The second kappa shape index (κ2) is 7.41. The molecule has 0 aliphatic carbocycles. The molecular formula is C22H21NO2. The maximum absolute atomic E-state index is 5.55. The van der Waals surface area contributed by atoms with E-state index in [1.165, 1.54) is 16.7 Å². The molecule has 3 aromatic rings. The Hall–Kier alpha value is -2.78. The van der Waals surface area contributed by atoms with E-state index in [4.69, 9.17) is 9.47 Å². The highest BCUT2D eigenvalue weighted by molar-refractivity contribution is 5.45. The molecule has 0 bridgehead atoms. The molecule has 0 saturated carbocycles. The van der Waals surface area contributed by atoms with Gasteiger partial charge in [-0.2, -0.15) is 0 Å². The number of fused-ring (bicyclic) bond motifs is 1. The summed E-state index contributed by atoms with van der Waals surface area (Å²) < 4.78 is 11.0. The third-order valence-electron chi connectivity index (χ3n) is 4.48. The van der Waals surface area contributed by atoms with Crippen LogP contribution < -0.4 is 14.8 Å². The first kappa shape index (κ1) is 15.7. The van der Waals surface area contributed by atoms with Gasteiger partial charge in [-0.3, -0.25) is 0 Å². The van der Waals surface area contributed by atoms with Crippen LogP contribution in [0.4, 0.5) is 0 Å². The molecule has 1 heterocycles. The maximum atomic E-state index is 5.55. The van der Waals surface area contributed by atoms with Crippen LogP contribution in [-0.4, -0.2) is 6.79 Å². The second-order valence-electron chi connectivity index (χ2n) is 6.22. The highest BCUT2D eigenvalue weighted by Gasteiger charge is 2.18. The highest BCUT2D eigenvalue weighted by Crippen LogP contribution is 2.35. The van der Waals surface area contributed by atoms with Crippen LogP contribution in [-0.2, 0) is 13.0 Å². The Bertz CT molecular complexity index is 818. The molecule has 1 aliphatic heterocycles. The van der Waals surface area contributed by atoms with Crippen molar-refractivity contribution in [2.75, 3.05) is 6.79 Å². The monoisotopic (exact) mass is 331 g/mol. The molecule has 3 heteroatoms. The van der Waals surface area contributed by atoms with Crippen molar-refractivity contribution in [2.24, 2.45) is 0 Å². The van der Waals surface area contributed by atoms with E-state index in [-0.39, 0.29) is 6.04 Å². The first-order valence-electron chi connectivity index (χ1n) is 8.59. The van der Waals surface area contributed by atoms with Crippen molar-refractivity contribution in [3.05, 3.63) is 95.6 Å². The first-order chi connectivity index (χ1) is 12.4. The summed E-state index contributed by atoms with van der Waals surface area (Å²) in [5.41, 5.74) is 3.80. The molecule has 126 valence electrons. The molecule has 4 rings (SSSR count). The minimum absolute atomic E-state index is 0.206. The number of ether oxygens (including phenoxy) is 2. The standard InChI is InChI=1S/C22H21NO2/c1-3-7-17(8-4-1)13-20(23-15-18-9-5-2-6-10-18)19-11-12-21-22(14-19)25-16-24-21/h1-12,14,20,23H,13,15-16H2. The molecule has 3 nitrogen and oxygen atoms in total. The van der Waals surface area contributed by atoms with Gasteiger partial charge in [0, 0.05) is 12.6 Å². The summed E-state index contributed by atoms with van der Waals surface area (Å²) in [5.74, 6) is 1.65. The van der Waals surface area contributed by atoms with Crippen molar-refractivity contribution in [1.82, 2.24) is 5.32 Å². The lowest BCUT2D eigenvalue weighted by Gasteiger charge is -2.20. The summed E-state index contributed by atoms with van der Waals surface area (Å²) in [5, 5.41) is 3.70. The molecule has 1 unspecified atom stereocenters. The van der Waals surface area contributed by atoms with Gasteiger partial charge in [0.2, 0.25) is 6.79 Å². The molecular weight excluding hydrogens is 310 g/mol. The number of nitrogens with one attached hydrogen (secondary N) is 1. The molecule has 0 spiro atoms. The minimum Gasteiger partial charge on any atom is -0.454 e. The van der Waals surface area contributed by atoms with Crippen LogP contribution in [0.2, 0.25) is 0 Å². The van der Waals surface area contributed by atoms with Gasteiger partial charge in [0.05, 0.1) is 0 Å². The van der Waals surface area contributed by atoms with E-state index in [1.807, 2.05) is 12.1 Å². The lowest BCUT2D eigenvalue weighted by Crippen LogP contribution is -2.23. The Labute approximate surface area is 148 Å². The van der Waals surface area contributed by atoms with Gasteiger partial charge in [-0.1, -0.05) is 66.7 Å². The zero-order valence-corrected chi connectivity index (χ0v) is 14.0. The lowest BCUT2D eigenvalue weighted by atomic mass is 9.98. The largest absolute Gasteiger partial charge is 0.454 e. The molecule has 0 amide bonds. The van der Waals surface area contributed by atoms with E-state index in [0.29, 0.717) is 6.79 Å². The van der Waals surface area contributed by atoms with E-state index < -0.39 is 0 Å². The quantitative estimate of drug-likeness (QED) is 0.722. The second-order valence-corrected chi connectivity index (χ2v) is 6.22. The molecule has 1 aliphatic rings. The van der Waals surface area contributed by atoms with Crippen LogP contribution in [0.5, 0.6) is 11.5 Å². The fraction of sp³-hybridized carbons (Fsp3) is 0.182. The van der Waals surface area contributed by atoms with Gasteiger partial charge in [0.15, 0.2) is 11.5 Å². The van der Waals surface area contributed by atoms with Crippen LogP contribution in [0.3, 0.4) is 0 Å². The Kier molecular flexibility index (Phi) is 4.66. The molecule has 1 N–H and O–H groups in total. The van der Waals surface area contributed by atoms with Crippen LogP contribution in [0.15, 0.2) is 78.9 Å². The highest BCUT2D eigenvalue weighted by atomic mass is 16.7. The molecule has 0 saturated heterocycles. The first-order valence-corrected chi connectivity index (χ1v) is 8.59. The van der Waals surface area contributed by atoms with E-state index in [0.717, 1.165) is 24.5 Å². The van der Waals surface area contributed by atoms with Gasteiger partial charge in [0.25, 0.3) is 0 Å². The van der Waals surface area contributed by atoms with Crippen molar-refractivity contribution < 1.29 is 9.47 Å². The molecule has 0 aromatic heterocycles. The van der Waals surface area contributed by atoms with Crippen LogP contribution >= 0.6 is 0 Å². The predicted molar refractivity (Wildman–Crippen MR) is 98.7 cm³/mol.